The minimum atomic E-state index is 0.450. The van der Waals surface area contributed by atoms with Gasteiger partial charge in [-0.1, -0.05) is 13.8 Å². The molecule has 1 atom stereocenters. The molecule has 0 amide bonds. The van der Waals surface area contributed by atoms with E-state index in [1.165, 1.54) is 5.56 Å². The van der Waals surface area contributed by atoms with Crippen LogP contribution >= 0.6 is 15.9 Å². The lowest BCUT2D eigenvalue weighted by Gasteiger charge is -2.03. The fourth-order valence-corrected chi connectivity index (χ4v) is 1.38. The first-order valence-corrected chi connectivity index (χ1v) is 4.40. The summed E-state index contributed by atoms with van der Waals surface area (Å²) in [6, 6.07) is 2.08. The Hall–Kier alpha value is -0.370. The summed E-state index contributed by atoms with van der Waals surface area (Å²) in [7, 11) is 0. The quantitative estimate of drug-likeness (QED) is 0.736. The van der Waals surface area contributed by atoms with Crippen molar-refractivity contribution in [3.05, 3.63) is 35.4 Å². The smallest absolute Gasteiger partial charge is 0.0410 e. The lowest BCUT2D eigenvalue weighted by Crippen LogP contribution is -1.94. The van der Waals surface area contributed by atoms with E-state index in [-0.39, 0.29) is 0 Å². The zero-order valence-corrected chi connectivity index (χ0v) is 8.13. The molecule has 0 spiro atoms. The molecule has 0 saturated carbocycles. The number of hydrogen-bond donors (Lipinski definition) is 0. The van der Waals surface area contributed by atoms with Crippen LogP contribution in [0.25, 0.3) is 0 Å². The summed E-state index contributed by atoms with van der Waals surface area (Å²) >= 11 is 3.37. The van der Waals surface area contributed by atoms with Crippen molar-refractivity contribution in [3.63, 3.8) is 0 Å². The molecular weight excluding hydrogens is 202 g/mol. The van der Waals surface area contributed by atoms with Crippen LogP contribution in [0.15, 0.2) is 22.9 Å². The molecule has 0 aliphatic rings. The van der Waals surface area contributed by atoms with Crippen LogP contribution in [0, 0.1) is 12.8 Å². The van der Waals surface area contributed by atoms with Crippen LogP contribution in [0.5, 0.6) is 0 Å². The summed E-state index contributed by atoms with van der Waals surface area (Å²) in [4.78, 5) is 4.06. The minimum Gasteiger partial charge on any atom is -0.263 e. The first kappa shape index (κ1) is 8.72. The topological polar surface area (TPSA) is 12.9 Å². The summed E-state index contributed by atoms with van der Waals surface area (Å²) in [5, 5.41) is 0. The molecule has 1 heterocycles. The summed E-state index contributed by atoms with van der Waals surface area (Å²) in [5.41, 5.74) is 1.24. The lowest BCUT2D eigenvalue weighted by atomic mass is 10.1. The Labute approximate surface area is 76.0 Å². The van der Waals surface area contributed by atoms with E-state index in [0.717, 1.165) is 10.9 Å². The van der Waals surface area contributed by atoms with E-state index in [2.05, 4.69) is 40.8 Å². The van der Waals surface area contributed by atoms with Crippen LogP contribution in [0.4, 0.5) is 0 Å². The third kappa shape index (κ3) is 3.02. The van der Waals surface area contributed by atoms with Crippen molar-refractivity contribution in [3.8, 4) is 0 Å². The maximum Gasteiger partial charge on any atom is 0.0410 e. The van der Waals surface area contributed by atoms with Gasteiger partial charge in [0, 0.05) is 16.9 Å². The monoisotopic (exact) mass is 212 g/mol. The summed E-state index contributed by atoms with van der Waals surface area (Å²) in [5.74, 6) is 0.450. The third-order valence-electron chi connectivity index (χ3n) is 1.35. The van der Waals surface area contributed by atoms with E-state index < -0.39 is 0 Å². The number of pyridine rings is 1. The molecule has 0 saturated heterocycles. The van der Waals surface area contributed by atoms with Crippen molar-refractivity contribution in [1.29, 1.82) is 0 Å². The predicted octanol–water partition coefficient (Wildman–Crippen LogP) is 2.86. The summed E-state index contributed by atoms with van der Waals surface area (Å²) in [6.45, 7) is 6.02. The number of hydrogen-bond acceptors (Lipinski definition) is 1. The van der Waals surface area contributed by atoms with E-state index in [9.17, 15) is 0 Å². The van der Waals surface area contributed by atoms with Crippen molar-refractivity contribution < 1.29 is 0 Å². The van der Waals surface area contributed by atoms with E-state index in [1.807, 2.05) is 6.20 Å². The van der Waals surface area contributed by atoms with Crippen LogP contribution in [0.2, 0.25) is 0 Å². The fraction of sp³-hybridized carbons (Fsp3) is 0.333. The first-order valence-electron chi connectivity index (χ1n) is 3.61. The number of aromatic nitrogens is 1. The fourth-order valence-electron chi connectivity index (χ4n) is 0.970. The van der Waals surface area contributed by atoms with Crippen molar-refractivity contribution in [2.75, 3.05) is 0 Å². The Kier molecular flexibility index (Phi) is 3.06. The molecule has 0 aliphatic carbocycles. The highest BCUT2D eigenvalue weighted by Gasteiger charge is 1.97. The molecule has 0 aliphatic heterocycles. The largest absolute Gasteiger partial charge is 0.263 e. The molecule has 0 fully saturated rings. The third-order valence-corrected chi connectivity index (χ3v) is 1.78. The zero-order valence-electron chi connectivity index (χ0n) is 6.55. The van der Waals surface area contributed by atoms with Gasteiger partial charge >= 0.3 is 0 Å². The molecule has 0 bridgehead atoms. The average Bonchev–Trinajstić information content (AvgIpc) is 1.85. The van der Waals surface area contributed by atoms with Crippen LogP contribution in [0.1, 0.15) is 12.5 Å². The van der Waals surface area contributed by atoms with Gasteiger partial charge in [-0.2, -0.15) is 0 Å². The molecule has 0 N–H and O–H groups in total. The molecular formula is C9H11BrN. The van der Waals surface area contributed by atoms with Gasteiger partial charge in [-0.15, -0.1) is 0 Å². The highest BCUT2D eigenvalue weighted by Crippen LogP contribution is 2.12. The Morgan fingerprint density at radius 2 is 2.36 bits per heavy atom. The summed E-state index contributed by atoms with van der Waals surface area (Å²) < 4.78 is 1.04. The van der Waals surface area contributed by atoms with Gasteiger partial charge in [0.05, 0.1) is 0 Å². The van der Waals surface area contributed by atoms with Gasteiger partial charge in [0.1, 0.15) is 0 Å². The second kappa shape index (κ2) is 3.86. The SMILES string of the molecule is [CH2]C(C)Cc1cncc(Br)c1. The molecule has 1 nitrogen and oxygen atoms in total. The van der Waals surface area contributed by atoms with Crippen LogP contribution in [-0.4, -0.2) is 4.98 Å². The van der Waals surface area contributed by atoms with Crippen LogP contribution in [-0.2, 0) is 6.42 Å². The minimum absolute atomic E-state index is 0.450. The van der Waals surface area contributed by atoms with Crippen LogP contribution < -0.4 is 0 Å². The summed E-state index contributed by atoms with van der Waals surface area (Å²) in [6.07, 6.45) is 4.66. The molecule has 1 unspecified atom stereocenters. The van der Waals surface area contributed by atoms with Crippen molar-refractivity contribution in [1.82, 2.24) is 4.98 Å². The molecule has 59 valence electrons. The van der Waals surface area contributed by atoms with Crippen molar-refractivity contribution >= 4 is 15.9 Å². The number of nitrogens with zero attached hydrogens (tertiary/aromatic N) is 1. The Balaban J connectivity index is 2.71. The van der Waals surface area contributed by atoms with Gasteiger partial charge in [-0.3, -0.25) is 4.98 Å². The van der Waals surface area contributed by atoms with E-state index >= 15 is 0 Å². The zero-order chi connectivity index (χ0) is 8.27. The van der Waals surface area contributed by atoms with Crippen molar-refractivity contribution in [2.24, 2.45) is 5.92 Å². The second-order valence-electron chi connectivity index (χ2n) is 2.82. The van der Waals surface area contributed by atoms with Gasteiger partial charge in [-0.05, 0) is 39.9 Å². The molecule has 0 aromatic carbocycles. The average molecular weight is 213 g/mol. The van der Waals surface area contributed by atoms with Gasteiger partial charge in [0.2, 0.25) is 0 Å². The van der Waals surface area contributed by atoms with E-state index in [0.29, 0.717) is 5.92 Å². The molecule has 1 aromatic heterocycles. The van der Waals surface area contributed by atoms with Gasteiger partial charge in [0.15, 0.2) is 0 Å². The van der Waals surface area contributed by atoms with E-state index in [1.54, 1.807) is 6.20 Å². The standard InChI is InChI=1S/C9H11BrN/c1-7(2)3-8-4-9(10)6-11-5-8/h4-7H,1,3H2,2H3. The van der Waals surface area contributed by atoms with Crippen LogP contribution in [0.3, 0.4) is 0 Å². The molecule has 1 radical (unpaired) electrons. The van der Waals surface area contributed by atoms with Gasteiger partial charge < -0.3 is 0 Å². The van der Waals surface area contributed by atoms with E-state index in [4.69, 9.17) is 0 Å². The highest BCUT2D eigenvalue weighted by atomic mass is 79.9. The Morgan fingerprint density at radius 1 is 1.64 bits per heavy atom. The Morgan fingerprint density at radius 3 is 2.91 bits per heavy atom. The van der Waals surface area contributed by atoms with Crippen molar-refractivity contribution in [2.45, 2.75) is 13.3 Å². The molecule has 1 rings (SSSR count). The number of rotatable bonds is 2. The maximum absolute atomic E-state index is 4.06. The predicted molar refractivity (Wildman–Crippen MR) is 50.2 cm³/mol. The van der Waals surface area contributed by atoms with Gasteiger partial charge in [-0.25, -0.2) is 0 Å². The second-order valence-corrected chi connectivity index (χ2v) is 3.74. The number of halogens is 1. The Bertz CT molecular complexity index is 233. The highest BCUT2D eigenvalue weighted by molar-refractivity contribution is 9.10. The molecule has 2 heteroatoms. The molecule has 11 heavy (non-hydrogen) atoms. The lowest BCUT2D eigenvalue weighted by molar-refractivity contribution is 0.716. The first-order chi connectivity index (χ1) is 5.18. The maximum atomic E-state index is 4.06. The normalized spacial score (nSPS) is 10.5. The molecule has 1 aromatic rings. The van der Waals surface area contributed by atoms with Gasteiger partial charge in [0.25, 0.3) is 0 Å².